The second kappa shape index (κ2) is 13.1. The predicted octanol–water partition coefficient (Wildman–Crippen LogP) is 4.58. The number of nitrogens with zero attached hydrogens (tertiary/aromatic N) is 1. The van der Waals surface area contributed by atoms with Gasteiger partial charge in [-0.15, -0.1) is 0 Å². The monoisotopic (exact) mass is 608 g/mol. The molecule has 0 radical (unpaired) electrons. The van der Waals surface area contributed by atoms with E-state index in [2.05, 4.69) is 17.4 Å². The smallest absolute Gasteiger partial charge is 0.265 e. The summed E-state index contributed by atoms with van der Waals surface area (Å²) in [6.07, 6.45) is 2.06. The summed E-state index contributed by atoms with van der Waals surface area (Å²) in [4.78, 5) is 12.8. The molecule has 0 bridgehead atoms. The molecule has 10 heteroatoms. The fourth-order valence-corrected chi connectivity index (χ4v) is 6.76. The fraction of sp³-hybridized carbons (Fsp3) is 0.424. The topological polar surface area (TPSA) is 103 Å². The van der Waals surface area contributed by atoms with Crippen molar-refractivity contribution in [3.8, 4) is 11.5 Å². The van der Waals surface area contributed by atoms with Crippen molar-refractivity contribution >= 4 is 21.4 Å². The summed E-state index contributed by atoms with van der Waals surface area (Å²) in [6, 6.07) is 23.3. The summed E-state index contributed by atoms with van der Waals surface area (Å²) in [7, 11) is -0.568. The predicted molar refractivity (Wildman–Crippen MR) is 165 cm³/mol. The quantitative estimate of drug-likeness (QED) is 0.316. The molecule has 43 heavy (non-hydrogen) atoms. The first-order valence-electron chi connectivity index (χ1n) is 14.5. The minimum Gasteiger partial charge on any atom is -0.497 e. The Morgan fingerprint density at radius 2 is 1.77 bits per heavy atom. The standard InChI is InChI=1S/C33H40N2O7S/c1-33(43(4,37)38,25-13-16-30-29(19-25)35(17-8-18-39-2)32(36)22-41-30)42-31-21-34-28(24-9-6-5-7-10-24)20-27(31)23-11-14-26(40-3)15-12-23/h5-7,9-16,19,27-28,31,34H,8,17-18,20-22H2,1-4H3/t27-,28+,31+,33?/m1/s1. The van der Waals surface area contributed by atoms with Crippen LogP contribution in [0.2, 0.25) is 0 Å². The van der Waals surface area contributed by atoms with Crippen LogP contribution in [-0.2, 0) is 29.0 Å². The number of sulfone groups is 1. The van der Waals surface area contributed by atoms with Gasteiger partial charge in [-0.2, -0.15) is 0 Å². The lowest BCUT2D eigenvalue weighted by Gasteiger charge is -2.42. The Morgan fingerprint density at radius 1 is 1.02 bits per heavy atom. The maximum atomic E-state index is 13.6. The van der Waals surface area contributed by atoms with Crippen LogP contribution in [0.15, 0.2) is 72.8 Å². The molecule has 0 spiro atoms. The molecule has 2 aliphatic heterocycles. The molecule has 1 amide bonds. The summed E-state index contributed by atoms with van der Waals surface area (Å²) in [5.74, 6) is 0.978. The zero-order chi connectivity index (χ0) is 30.6. The van der Waals surface area contributed by atoms with Gasteiger partial charge < -0.3 is 29.2 Å². The summed E-state index contributed by atoms with van der Waals surface area (Å²) in [5, 5.41) is 3.60. The highest BCUT2D eigenvalue weighted by Gasteiger charge is 2.45. The lowest BCUT2D eigenvalue weighted by Crippen LogP contribution is -2.48. The van der Waals surface area contributed by atoms with Gasteiger partial charge in [0.25, 0.3) is 5.91 Å². The Hall–Kier alpha value is -3.44. The molecule has 3 aromatic rings. The third kappa shape index (κ3) is 6.57. The lowest BCUT2D eigenvalue weighted by molar-refractivity contribution is -0.121. The van der Waals surface area contributed by atoms with Crippen LogP contribution in [0.4, 0.5) is 5.69 Å². The molecule has 1 unspecified atom stereocenters. The Labute approximate surface area is 254 Å². The number of amides is 1. The number of hydrogen-bond donors (Lipinski definition) is 1. The summed E-state index contributed by atoms with van der Waals surface area (Å²) in [6.45, 7) is 2.89. The summed E-state index contributed by atoms with van der Waals surface area (Å²) >= 11 is 0. The average Bonchev–Trinajstić information content (AvgIpc) is 3.02. The Kier molecular flexibility index (Phi) is 9.41. The molecule has 2 aliphatic rings. The van der Waals surface area contributed by atoms with Gasteiger partial charge in [-0.1, -0.05) is 48.5 Å². The highest BCUT2D eigenvalue weighted by Crippen LogP contribution is 2.44. The largest absolute Gasteiger partial charge is 0.497 e. The van der Waals surface area contributed by atoms with E-state index in [1.54, 1.807) is 44.2 Å². The van der Waals surface area contributed by atoms with Gasteiger partial charge in [0.1, 0.15) is 11.5 Å². The van der Waals surface area contributed by atoms with Crippen LogP contribution in [0.25, 0.3) is 0 Å². The third-order valence-corrected chi connectivity index (χ3v) is 10.2. The highest BCUT2D eigenvalue weighted by molar-refractivity contribution is 7.91. The van der Waals surface area contributed by atoms with Crippen molar-refractivity contribution < 1.29 is 32.2 Å². The fourth-order valence-electron chi connectivity index (χ4n) is 5.91. The maximum absolute atomic E-state index is 13.6. The van der Waals surface area contributed by atoms with Crippen LogP contribution in [-0.4, -0.2) is 67.2 Å². The van der Waals surface area contributed by atoms with E-state index in [0.717, 1.165) is 11.3 Å². The number of nitrogens with one attached hydrogen (secondary N) is 1. The molecule has 0 saturated carbocycles. The second-order valence-corrected chi connectivity index (χ2v) is 13.5. The first-order valence-corrected chi connectivity index (χ1v) is 16.4. The Balaban J connectivity index is 1.50. The van der Waals surface area contributed by atoms with E-state index in [1.807, 2.05) is 42.5 Å². The van der Waals surface area contributed by atoms with E-state index in [-0.39, 0.29) is 24.5 Å². The van der Waals surface area contributed by atoms with Gasteiger partial charge in [-0.3, -0.25) is 4.79 Å². The molecule has 1 fully saturated rings. The van der Waals surface area contributed by atoms with Crippen molar-refractivity contribution in [2.75, 3.05) is 51.7 Å². The minimum atomic E-state index is -3.81. The molecule has 5 rings (SSSR count). The number of rotatable bonds is 11. The zero-order valence-electron chi connectivity index (χ0n) is 25.1. The van der Waals surface area contributed by atoms with Gasteiger partial charge in [0, 0.05) is 50.6 Å². The number of ether oxygens (including phenoxy) is 4. The minimum absolute atomic E-state index is 0.0704. The van der Waals surface area contributed by atoms with Gasteiger partial charge in [-0.25, -0.2) is 8.42 Å². The van der Waals surface area contributed by atoms with E-state index >= 15 is 0 Å². The number of carbonyl (C=O) groups excluding carboxylic acids is 1. The first-order chi connectivity index (χ1) is 20.6. The summed E-state index contributed by atoms with van der Waals surface area (Å²) < 4.78 is 50.1. The van der Waals surface area contributed by atoms with Crippen molar-refractivity contribution in [1.82, 2.24) is 5.32 Å². The summed E-state index contributed by atoms with van der Waals surface area (Å²) in [5.41, 5.74) is 3.17. The number of carbonyl (C=O) groups is 1. The molecular formula is C33H40N2O7S. The van der Waals surface area contributed by atoms with E-state index in [9.17, 15) is 13.2 Å². The highest BCUT2D eigenvalue weighted by atomic mass is 32.2. The molecule has 1 saturated heterocycles. The van der Waals surface area contributed by atoms with E-state index in [1.165, 1.54) is 11.8 Å². The number of benzene rings is 3. The van der Waals surface area contributed by atoms with Crippen molar-refractivity contribution in [1.29, 1.82) is 0 Å². The maximum Gasteiger partial charge on any atom is 0.265 e. The second-order valence-electron chi connectivity index (χ2n) is 11.2. The van der Waals surface area contributed by atoms with Gasteiger partial charge in [0.05, 0.1) is 18.9 Å². The third-order valence-electron chi connectivity index (χ3n) is 8.49. The normalized spacial score (nSPS) is 21.9. The molecule has 3 aromatic carbocycles. The van der Waals surface area contributed by atoms with Crippen LogP contribution >= 0.6 is 0 Å². The van der Waals surface area contributed by atoms with Crippen LogP contribution in [0, 0.1) is 0 Å². The van der Waals surface area contributed by atoms with Crippen molar-refractivity contribution in [2.45, 2.75) is 42.8 Å². The Bertz CT molecular complexity index is 1510. The first kappa shape index (κ1) is 31.0. The van der Waals surface area contributed by atoms with Crippen LogP contribution in [0.3, 0.4) is 0 Å². The lowest BCUT2D eigenvalue weighted by atomic mass is 9.82. The van der Waals surface area contributed by atoms with Gasteiger partial charge in [0.2, 0.25) is 0 Å². The molecule has 230 valence electrons. The van der Waals surface area contributed by atoms with Gasteiger partial charge >= 0.3 is 0 Å². The van der Waals surface area contributed by atoms with Crippen molar-refractivity contribution in [3.63, 3.8) is 0 Å². The zero-order valence-corrected chi connectivity index (χ0v) is 25.9. The van der Waals surface area contributed by atoms with Gasteiger partial charge in [-0.05, 0) is 55.2 Å². The molecule has 0 aromatic heterocycles. The molecule has 2 heterocycles. The number of fused-ring (bicyclic) bond motifs is 1. The van der Waals surface area contributed by atoms with Crippen LogP contribution in [0.5, 0.6) is 11.5 Å². The van der Waals surface area contributed by atoms with Crippen molar-refractivity contribution in [3.05, 3.63) is 89.5 Å². The average molecular weight is 609 g/mol. The number of piperidine rings is 1. The number of hydrogen-bond acceptors (Lipinski definition) is 8. The molecule has 4 atom stereocenters. The number of anilines is 1. The SMILES string of the molecule is COCCCN1C(=O)COc2ccc(C(C)(O[C@H]3CN[C@H](c4ccccc4)C[C@@H]3c3ccc(OC)cc3)S(C)(=O)=O)cc21. The van der Waals surface area contributed by atoms with Crippen LogP contribution < -0.4 is 19.7 Å². The number of methoxy groups -OCH3 is 2. The van der Waals surface area contributed by atoms with Crippen LogP contribution in [0.1, 0.15) is 48.4 Å². The molecule has 9 nitrogen and oxygen atoms in total. The van der Waals surface area contributed by atoms with Crippen molar-refractivity contribution in [2.24, 2.45) is 0 Å². The van der Waals surface area contributed by atoms with Gasteiger partial charge in [0.15, 0.2) is 21.4 Å². The van der Waals surface area contributed by atoms with E-state index in [4.69, 9.17) is 18.9 Å². The molecule has 0 aliphatic carbocycles. The molecular weight excluding hydrogens is 568 g/mol. The van der Waals surface area contributed by atoms with E-state index in [0.29, 0.717) is 49.5 Å². The Morgan fingerprint density at radius 3 is 2.44 bits per heavy atom. The molecule has 1 N–H and O–H groups in total. The van der Waals surface area contributed by atoms with E-state index < -0.39 is 20.9 Å².